The highest BCUT2D eigenvalue weighted by Crippen LogP contribution is 2.16. The number of aliphatic imine (C=N–C) groups is 1. The number of unbranched alkanes of at least 4 members (excludes halogenated alkanes) is 1. The monoisotopic (exact) mass is 469 g/mol. The van der Waals surface area contributed by atoms with Gasteiger partial charge in [0.1, 0.15) is 5.82 Å². The van der Waals surface area contributed by atoms with Gasteiger partial charge in [0, 0.05) is 32.5 Å². The van der Waals surface area contributed by atoms with E-state index in [9.17, 15) is 4.39 Å². The predicted octanol–water partition coefficient (Wildman–Crippen LogP) is 3.79. The van der Waals surface area contributed by atoms with E-state index in [2.05, 4.69) is 22.5 Å². The largest absolute Gasteiger partial charge is 0.380 e. The highest BCUT2D eigenvalue weighted by Gasteiger charge is 2.05. The van der Waals surface area contributed by atoms with Crippen LogP contribution in [0.15, 0.2) is 23.2 Å². The standard InChI is InChI=1S/C17H28FN3OS.HI/c1-4-5-9-22-10-8-20-17(19-2)21-12-14-6-7-16(18)11-15(14)13-23-3;/h6-7,11H,4-5,8-10,12-13H2,1-3H3,(H2,19,20,21);1H. The first kappa shape index (κ1) is 23.5. The molecule has 7 heteroatoms. The maximum Gasteiger partial charge on any atom is 0.191 e. The number of halogens is 2. The molecule has 0 saturated heterocycles. The predicted molar refractivity (Wildman–Crippen MR) is 113 cm³/mol. The minimum atomic E-state index is -0.190. The summed E-state index contributed by atoms with van der Waals surface area (Å²) in [5.41, 5.74) is 2.10. The molecule has 2 N–H and O–H groups in total. The van der Waals surface area contributed by atoms with E-state index in [4.69, 9.17) is 4.74 Å². The van der Waals surface area contributed by atoms with Crippen molar-refractivity contribution >= 4 is 41.7 Å². The van der Waals surface area contributed by atoms with Crippen molar-refractivity contribution in [3.8, 4) is 0 Å². The van der Waals surface area contributed by atoms with Crippen LogP contribution in [0.5, 0.6) is 0 Å². The number of rotatable bonds is 10. The molecule has 1 aromatic rings. The summed E-state index contributed by atoms with van der Waals surface area (Å²) in [5, 5.41) is 6.47. The second kappa shape index (κ2) is 14.8. The van der Waals surface area contributed by atoms with E-state index in [1.54, 1.807) is 24.9 Å². The van der Waals surface area contributed by atoms with Gasteiger partial charge in [0.25, 0.3) is 0 Å². The van der Waals surface area contributed by atoms with Gasteiger partial charge >= 0.3 is 0 Å². The topological polar surface area (TPSA) is 45.6 Å². The third kappa shape index (κ3) is 9.68. The molecule has 0 fully saturated rings. The first-order valence-corrected chi connectivity index (χ1v) is 9.39. The number of hydrogen-bond acceptors (Lipinski definition) is 3. The van der Waals surface area contributed by atoms with E-state index in [1.165, 1.54) is 6.07 Å². The SMILES string of the molecule is CCCCOCCNC(=NC)NCc1ccc(F)cc1CSC.I. The summed E-state index contributed by atoms with van der Waals surface area (Å²) in [6, 6.07) is 4.93. The van der Waals surface area contributed by atoms with E-state index < -0.39 is 0 Å². The molecule has 1 rings (SSSR count). The Morgan fingerprint density at radius 3 is 2.71 bits per heavy atom. The lowest BCUT2D eigenvalue weighted by Crippen LogP contribution is -2.38. The molecular weight excluding hydrogens is 440 g/mol. The number of benzene rings is 1. The van der Waals surface area contributed by atoms with Gasteiger partial charge in [-0.3, -0.25) is 4.99 Å². The van der Waals surface area contributed by atoms with Crippen LogP contribution in [0.25, 0.3) is 0 Å². The Labute approximate surface area is 166 Å². The molecule has 0 heterocycles. The Bertz CT molecular complexity index is 489. The first-order chi connectivity index (χ1) is 11.2. The van der Waals surface area contributed by atoms with Gasteiger partial charge in [-0.15, -0.1) is 24.0 Å². The maximum absolute atomic E-state index is 13.3. The first-order valence-electron chi connectivity index (χ1n) is 7.99. The van der Waals surface area contributed by atoms with Gasteiger partial charge in [0.05, 0.1) is 6.61 Å². The van der Waals surface area contributed by atoms with Gasteiger partial charge in [-0.25, -0.2) is 4.39 Å². The molecule has 0 aliphatic carbocycles. The number of thioether (sulfide) groups is 1. The zero-order chi connectivity index (χ0) is 16.9. The van der Waals surface area contributed by atoms with E-state index in [1.807, 2.05) is 12.3 Å². The normalized spacial score (nSPS) is 11.1. The van der Waals surface area contributed by atoms with Crippen LogP contribution in [-0.2, 0) is 17.0 Å². The van der Waals surface area contributed by atoms with Crippen LogP contribution in [0.3, 0.4) is 0 Å². The summed E-state index contributed by atoms with van der Waals surface area (Å²) in [5.74, 6) is 1.33. The Morgan fingerprint density at radius 2 is 2.04 bits per heavy atom. The lowest BCUT2D eigenvalue weighted by molar-refractivity contribution is 0.136. The van der Waals surface area contributed by atoms with Gasteiger partial charge in [0.15, 0.2) is 5.96 Å². The second-order valence-electron chi connectivity index (χ2n) is 5.16. The molecule has 0 radical (unpaired) electrons. The molecule has 4 nitrogen and oxygen atoms in total. The van der Waals surface area contributed by atoms with Gasteiger partial charge < -0.3 is 15.4 Å². The number of nitrogens with one attached hydrogen (secondary N) is 2. The van der Waals surface area contributed by atoms with Crippen molar-refractivity contribution in [2.75, 3.05) is 33.1 Å². The summed E-state index contributed by atoms with van der Waals surface area (Å²) in [6.07, 6.45) is 4.25. The van der Waals surface area contributed by atoms with Crippen molar-refractivity contribution in [1.82, 2.24) is 10.6 Å². The summed E-state index contributed by atoms with van der Waals surface area (Å²) < 4.78 is 18.9. The van der Waals surface area contributed by atoms with E-state index in [0.29, 0.717) is 19.7 Å². The van der Waals surface area contributed by atoms with Crippen molar-refractivity contribution in [3.63, 3.8) is 0 Å². The highest BCUT2D eigenvalue weighted by molar-refractivity contribution is 14.0. The molecule has 1 aromatic carbocycles. The van der Waals surface area contributed by atoms with Gasteiger partial charge in [-0.2, -0.15) is 11.8 Å². The minimum absolute atomic E-state index is 0. The quantitative estimate of drug-likeness (QED) is 0.237. The second-order valence-corrected chi connectivity index (χ2v) is 6.03. The van der Waals surface area contributed by atoms with Crippen LogP contribution in [0.1, 0.15) is 30.9 Å². The molecule has 0 aromatic heterocycles. The van der Waals surface area contributed by atoms with Crippen molar-refractivity contribution in [3.05, 3.63) is 35.1 Å². The Balaban J connectivity index is 0.00000529. The zero-order valence-corrected chi connectivity index (χ0v) is 17.9. The van der Waals surface area contributed by atoms with Crippen LogP contribution in [0.2, 0.25) is 0 Å². The molecule has 24 heavy (non-hydrogen) atoms. The van der Waals surface area contributed by atoms with Crippen molar-refractivity contribution < 1.29 is 9.13 Å². The fraction of sp³-hybridized carbons (Fsp3) is 0.588. The molecule has 0 aliphatic rings. The highest BCUT2D eigenvalue weighted by atomic mass is 127. The third-order valence-corrected chi connectivity index (χ3v) is 3.92. The van der Waals surface area contributed by atoms with E-state index in [-0.39, 0.29) is 29.8 Å². The molecule has 0 atom stereocenters. The molecule has 0 bridgehead atoms. The maximum atomic E-state index is 13.3. The smallest absolute Gasteiger partial charge is 0.191 e. The van der Waals surface area contributed by atoms with Gasteiger partial charge in [-0.05, 0) is 35.9 Å². The van der Waals surface area contributed by atoms with Crippen LogP contribution in [-0.4, -0.2) is 39.0 Å². The lowest BCUT2D eigenvalue weighted by Gasteiger charge is -2.14. The Hall–Kier alpha value is -0.540. The fourth-order valence-electron chi connectivity index (χ4n) is 2.05. The molecule has 0 spiro atoms. The van der Waals surface area contributed by atoms with Crippen molar-refractivity contribution in [2.24, 2.45) is 4.99 Å². The van der Waals surface area contributed by atoms with Crippen LogP contribution in [0.4, 0.5) is 4.39 Å². The fourth-order valence-corrected chi connectivity index (χ4v) is 2.63. The zero-order valence-electron chi connectivity index (χ0n) is 14.7. The summed E-state index contributed by atoms with van der Waals surface area (Å²) in [7, 11) is 1.74. The summed E-state index contributed by atoms with van der Waals surface area (Å²) in [6.45, 7) is 4.94. The number of hydrogen-bond donors (Lipinski definition) is 2. The Kier molecular flexibility index (Phi) is 14.4. The van der Waals surface area contributed by atoms with Gasteiger partial charge in [0.2, 0.25) is 0 Å². The lowest BCUT2D eigenvalue weighted by atomic mass is 10.1. The molecule has 0 amide bonds. The number of guanidine groups is 1. The van der Waals surface area contributed by atoms with Crippen LogP contribution >= 0.6 is 35.7 Å². The Morgan fingerprint density at radius 1 is 1.25 bits per heavy atom. The average molecular weight is 469 g/mol. The van der Waals surface area contributed by atoms with Crippen LogP contribution in [0, 0.1) is 5.82 Å². The molecule has 0 unspecified atom stereocenters. The van der Waals surface area contributed by atoms with Crippen molar-refractivity contribution in [1.29, 1.82) is 0 Å². The van der Waals surface area contributed by atoms with E-state index >= 15 is 0 Å². The third-order valence-electron chi connectivity index (χ3n) is 3.32. The van der Waals surface area contributed by atoms with Crippen molar-refractivity contribution in [2.45, 2.75) is 32.1 Å². The van der Waals surface area contributed by atoms with E-state index in [0.717, 1.165) is 42.3 Å². The minimum Gasteiger partial charge on any atom is -0.380 e. The molecule has 138 valence electrons. The average Bonchev–Trinajstić information content (AvgIpc) is 2.55. The van der Waals surface area contributed by atoms with Crippen LogP contribution < -0.4 is 10.6 Å². The summed E-state index contributed by atoms with van der Waals surface area (Å²) >= 11 is 1.68. The number of nitrogens with zero attached hydrogens (tertiary/aromatic N) is 1. The molecule has 0 aliphatic heterocycles. The molecular formula is C17H29FIN3OS. The molecule has 0 saturated carbocycles. The number of ether oxygens (including phenoxy) is 1. The van der Waals surface area contributed by atoms with Gasteiger partial charge in [-0.1, -0.05) is 19.4 Å². The summed E-state index contributed by atoms with van der Waals surface area (Å²) in [4.78, 5) is 4.19.